The maximum Gasteiger partial charge on any atom is 0.252 e. The Morgan fingerprint density at radius 3 is 2.51 bits per heavy atom. The molecule has 0 atom stereocenters. The lowest BCUT2D eigenvalue weighted by Gasteiger charge is -2.30. The van der Waals surface area contributed by atoms with Gasteiger partial charge in [0.2, 0.25) is 11.0 Å². The molecule has 4 aromatic rings. The number of fused-ring (bicyclic) bond motifs is 2. The van der Waals surface area contributed by atoms with Crippen molar-refractivity contribution in [2.75, 3.05) is 18.4 Å². The quantitative estimate of drug-likeness (QED) is 0.342. The van der Waals surface area contributed by atoms with Crippen LogP contribution in [0, 0.1) is 12.8 Å². The molecule has 1 aromatic carbocycles. The highest BCUT2D eigenvalue weighted by Gasteiger charge is 2.33. The van der Waals surface area contributed by atoms with Crippen molar-refractivity contribution >= 4 is 66.2 Å². The van der Waals surface area contributed by atoms with Gasteiger partial charge in [0, 0.05) is 25.1 Å². The first-order valence-electron chi connectivity index (χ1n) is 12.3. The number of hydrogen-bond acceptors (Lipinski definition) is 7. The number of hydrogen-bond donors (Lipinski definition) is 1. The van der Waals surface area contributed by atoms with E-state index in [0.717, 1.165) is 45.2 Å². The van der Waals surface area contributed by atoms with Gasteiger partial charge in [-0.3, -0.25) is 4.79 Å². The fourth-order valence-electron chi connectivity index (χ4n) is 5.12. The molecule has 1 aliphatic carbocycles. The van der Waals surface area contributed by atoms with E-state index in [-0.39, 0.29) is 29.1 Å². The summed E-state index contributed by atoms with van der Waals surface area (Å²) in [6.07, 6.45) is 5.56. The maximum absolute atomic E-state index is 13.2. The Hall–Kier alpha value is -2.31. The summed E-state index contributed by atoms with van der Waals surface area (Å²) in [4.78, 5) is 18.0. The van der Waals surface area contributed by atoms with Crippen molar-refractivity contribution in [3.05, 3.63) is 51.5 Å². The van der Waals surface area contributed by atoms with Crippen LogP contribution in [0.1, 0.15) is 42.5 Å². The number of aromatic nitrogens is 3. The van der Waals surface area contributed by atoms with Gasteiger partial charge in [0.25, 0.3) is 10.0 Å². The Morgan fingerprint density at radius 2 is 1.81 bits per heavy atom. The Morgan fingerprint density at radius 1 is 1.08 bits per heavy atom. The highest BCUT2D eigenvalue weighted by molar-refractivity contribution is 7.91. The van der Waals surface area contributed by atoms with E-state index >= 15 is 0 Å². The lowest BCUT2D eigenvalue weighted by Crippen LogP contribution is -2.41. The Balaban J connectivity index is 1.17. The van der Waals surface area contributed by atoms with Crippen LogP contribution in [0.2, 0.25) is 4.34 Å². The molecule has 0 bridgehead atoms. The van der Waals surface area contributed by atoms with E-state index in [4.69, 9.17) is 16.6 Å². The number of rotatable bonds is 5. The van der Waals surface area contributed by atoms with Crippen molar-refractivity contribution in [1.29, 1.82) is 0 Å². The topological polar surface area (TPSA) is 97.2 Å². The average molecular weight is 576 g/mol. The van der Waals surface area contributed by atoms with Crippen LogP contribution in [0.15, 0.2) is 34.5 Å². The summed E-state index contributed by atoms with van der Waals surface area (Å²) in [5.41, 5.74) is 4.54. The molecule has 194 valence electrons. The second-order valence-corrected chi connectivity index (χ2v) is 14.5. The number of amides is 1. The lowest BCUT2D eigenvalue weighted by atomic mass is 9.92. The molecule has 1 amide bonds. The van der Waals surface area contributed by atoms with Crippen LogP contribution in [0.3, 0.4) is 0 Å². The number of sulfonamides is 1. The van der Waals surface area contributed by atoms with E-state index in [1.54, 1.807) is 22.1 Å². The van der Waals surface area contributed by atoms with E-state index in [1.165, 1.54) is 34.3 Å². The Bertz CT molecular complexity index is 1560. The minimum atomic E-state index is -3.59. The fraction of sp³-hybridized carbons (Fsp3) is 0.400. The molecule has 37 heavy (non-hydrogen) atoms. The van der Waals surface area contributed by atoms with E-state index in [1.807, 2.05) is 13.0 Å². The van der Waals surface area contributed by atoms with Crippen LogP contribution >= 0.6 is 34.3 Å². The molecule has 0 unspecified atom stereocenters. The Labute approximate surface area is 228 Å². The molecule has 0 radical (unpaired) electrons. The smallest absolute Gasteiger partial charge is 0.252 e. The summed E-state index contributed by atoms with van der Waals surface area (Å²) in [5, 5.41) is 8.36. The monoisotopic (exact) mass is 575 g/mol. The average Bonchev–Trinajstić information content (AvgIpc) is 3.60. The van der Waals surface area contributed by atoms with Gasteiger partial charge in [0.1, 0.15) is 10.0 Å². The standard InChI is InChI=1S/C25H26ClN5O3S3/c1-15-12-22(31(29-15)25-27-19-13-17-4-2-3-5-18(17)14-20(19)35-25)28-24(32)16-8-10-30(11-9-16)37(33,34)23-7-6-21(26)36-23/h6-7,12-14,16H,2-5,8-11H2,1H3,(H,28,32). The molecule has 6 rings (SSSR count). The normalized spacial score (nSPS) is 17.2. The van der Waals surface area contributed by atoms with Gasteiger partial charge in [0.05, 0.1) is 20.2 Å². The zero-order chi connectivity index (χ0) is 25.7. The fourth-order valence-corrected chi connectivity index (χ4v) is 9.20. The van der Waals surface area contributed by atoms with E-state index in [9.17, 15) is 13.2 Å². The number of halogens is 1. The van der Waals surface area contributed by atoms with Crippen LogP contribution in [0.4, 0.5) is 5.82 Å². The third-order valence-corrected chi connectivity index (χ3v) is 11.7. The van der Waals surface area contributed by atoms with E-state index in [0.29, 0.717) is 23.0 Å². The van der Waals surface area contributed by atoms with Gasteiger partial charge >= 0.3 is 0 Å². The molecule has 1 fully saturated rings. The molecule has 2 aliphatic rings. The molecule has 12 heteroatoms. The van der Waals surface area contributed by atoms with Gasteiger partial charge in [-0.05, 0) is 80.8 Å². The molecule has 0 saturated carbocycles. The number of aryl methyl sites for hydroxylation is 3. The number of nitrogens with one attached hydrogen (secondary N) is 1. The summed E-state index contributed by atoms with van der Waals surface area (Å²) in [6, 6.07) is 9.41. The minimum absolute atomic E-state index is 0.131. The zero-order valence-electron chi connectivity index (χ0n) is 20.2. The second kappa shape index (κ2) is 9.77. The number of thiophene rings is 1. The highest BCUT2D eigenvalue weighted by atomic mass is 35.5. The molecule has 1 aliphatic heterocycles. The third-order valence-electron chi connectivity index (χ3n) is 7.07. The minimum Gasteiger partial charge on any atom is -0.310 e. The van der Waals surface area contributed by atoms with Crippen molar-refractivity contribution in [2.24, 2.45) is 5.92 Å². The first-order chi connectivity index (χ1) is 17.8. The molecular weight excluding hydrogens is 550 g/mol. The SMILES string of the molecule is Cc1cc(NC(=O)C2CCN(S(=O)(=O)c3ccc(Cl)s3)CC2)n(-c2nc3cc4c(cc3s2)CCCC4)n1. The molecule has 8 nitrogen and oxygen atoms in total. The molecule has 4 heterocycles. The summed E-state index contributed by atoms with van der Waals surface area (Å²) in [5.74, 6) is 0.160. The molecule has 1 N–H and O–H groups in total. The number of piperidine rings is 1. The van der Waals surface area contributed by atoms with Crippen LogP contribution in [0.5, 0.6) is 0 Å². The van der Waals surface area contributed by atoms with Crippen LogP contribution in [-0.2, 0) is 27.7 Å². The number of anilines is 1. The number of carbonyl (C=O) groups excluding carboxylic acids is 1. The van der Waals surface area contributed by atoms with Gasteiger partial charge in [0.15, 0.2) is 0 Å². The van der Waals surface area contributed by atoms with Gasteiger partial charge in [-0.15, -0.1) is 11.3 Å². The molecular formula is C25H26ClN5O3S3. The van der Waals surface area contributed by atoms with Gasteiger partial charge < -0.3 is 5.32 Å². The summed E-state index contributed by atoms with van der Waals surface area (Å²) in [6.45, 7) is 2.46. The molecule has 3 aromatic heterocycles. The van der Waals surface area contributed by atoms with Gasteiger partial charge in [-0.1, -0.05) is 22.9 Å². The third kappa shape index (κ3) is 4.83. The summed E-state index contributed by atoms with van der Waals surface area (Å²) < 4.78 is 30.7. The first-order valence-corrected chi connectivity index (χ1v) is 15.8. The summed E-state index contributed by atoms with van der Waals surface area (Å²) in [7, 11) is -3.59. The van der Waals surface area contributed by atoms with Crippen LogP contribution in [0.25, 0.3) is 15.3 Å². The number of benzene rings is 1. The van der Waals surface area contributed by atoms with E-state index in [2.05, 4.69) is 22.5 Å². The summed E-state index contributed by atoms with van der Waals surface area (Å²) >= 11 is 8.55. The Kier molecular flexibility index (Phi) is 6.60. The first kappa shape index (κ1) is 25.0. The number of carbonyl (C=O) groups is 1. The number of nitrogens with zero attached hydrogens (tertiary/aromatic N) is 4. The maximum atomic E-state index is 13.2. The molecule has 1 saturated heterocycles. The van der Waals surface area contributed by atoms with Crippen LogP contribution < -0.4 is 5.32 Å². The van der Waals surface area contributed by atoms with Gasteiger partial charge in [-0.25, -0.2) is 13.4 Å². The second-order valence-electron chi connectivity index (χ2n) is 9.60. The largest absolute Gasteiger partial charge is 0.310 e. The zero-order valence-corrected chi connectivity index (χ0v) is 23.4. The van der Waals surface area contributed by atoms with Crippen molar-refractivity contribution in [3.63, 3.8) is 0 Å². The lowest BCUT2D eigenvalue weighted by molar-refractivity contribution is -0.120. The van der Waals surface area contributed by atoms with Crippen molar-refractivity contribution < 1.29 is 13.2 Å². The predicted molar refractivity (Wildman–Crippen MR) is 148 cm³/mol. The van der Waals surface area contributed by atoms with Crippen molar-refractivity contribution in [2.45, 2.75) is 49.7 Å². The number of thiazole rings is 1. The molecule has 0 spiro atoms. The highest BCUT2D eigenvalue weighted by Crippen LogP contribution is 2.33. The van der Waals surface area contributed by atoms with E-state index < -0.39 is 10.0 Å². The van der Waals surface area contributed by atoms with Crippen molar-refractivity contribution in [1.82, 2.24) is 19.1 Å². The van der Waals surface area contributed by atoms with Crippen LogP contribution in [-0.4, -0.2) is 46.5 Å². The predicted octanol–water partition coefficient (Wildman–Crippen LogP) is 5.42. The van der Waals surface area contributed by atoms with Crippen molar-refractivity contribution in [3.8, 4) is 5.13 Å². The van der Waals surface area contributed by atoms with Gasteiger partial charge in [-0.2, -0.15) is 14.1 Å².